The third-order valence-electron chi connectivity index (χ3n) is 4.93. The zero-order valence-electron chi connectivity index (χ0n) is 16.7. The smallest absolute Gasteiger partial charge is 0.337 e. The number of nitrogens with one attached hydrogen (secondary N) is 1. The van der Waals surface area contributed by atoms with Crippen LogP contribution < -0.4 is 5.32 Å². The van der Waals surface area contributed by atoms with Gasteiger partial charge >= 0.3 is 5.97 Å². The molecule has 0 spiro atoms. The van der Waals surface area contributed by atoms with Crippen LogP contribution in [0.3, 0.4) is 0 Å². The Hall–Kier alpha value is -3.12. The second-order valence-corrected chi connectivity index (χ2v) is 6.92. The summed E-state index contributed by atoms with van der Waals surface area (Å²) in [4.78, 5) is 28.3. The van der Waals surface area contributed by atoms with Gasteiger partial charge in [-0.3, -0.25) is 9.69 Å². The van der Waals surface area contributed by atoms with E-state index in [4.69, 9.17) is 4.74 Å². The molecule has 1 saturated heterocycles. The predicted octanol–water partition coefficient (Wildman–Crippen LogP) is 2.74. The minimum Gasteiger partial charge on any atom is -0.465 e. The summed E-state index contributed by atoms with van der Waals surface area (Å²) in [6, 6.07) is 17.2. The summed E-state index contributed by atoms with van der Waals surface area (Å²) in [6.45, 7) is 4.27. The van der Waals surface area contributed by atoms with Gasteiger partial charge in [0, 0.05) is 38.4 Å². The molecule has 0 atom stereocenters. The van der Waals surface area contributed by atoms with Crippen molar-refractivity contribution in [3.63, 3.8) is 0 Å². The van der Waals surface area contributed by atoms with Crippen LogP contribution in [0, 0.1) is 0 Å². The Bertz CT molecular complexity index is 843. The van der Waals surface area contributed by atoms with Gasteiger partial charge in [-0.25, -0.2) is 4.79 Å². The van der Waals surface area contributed by atoms with Crippen LogP contribution >= 0.6 is 0 Å². The molecular weight excluding hydrogens is 366 g/mol. The molecule has 1 amide bonds. The van der Waals surface area contributed by atoms with Crippen LogP contribution in [-0.4, -0.2) is 68.1 Å². The number of ether oxygens (including phenoxy) is 1. The van der Waals surface area contributed by atoms with Gasteiger partial charge < -0.3 is 15.0 Å². The minimum absolute atomic E-state index is 0.0629. The van der Waals surface area contributed by atoms with Crippen LogP contribution in [0.15, 0.2) is 60.7 Å². The Labute approximate surface area is 171 Å². The van der Waals surface area contributed by atoms with Crippen LogP contribution in [0.5, 0.6) is 0 Å². The van der Waals surface area contributed by atoms with Crippen molar-refractivity contribution in [1.29, 1.82) is 0 Å². The lowest BCUT2D eigenvalue weighted by molar-refractivity contribution is -0.130. The summed E-state index contributed by atoms with van der Waals surface area (Å²) in [6.07, 6.45) is 4.30. The Morgan fingerprint density at radius 3 is 2.52 bits per heavy atom. The first-order valence-electron chi connectivity index (χ1n) is 9.79. The second kappa shape index (κ2) is 10.4. The number of rotatable bonds is 7. The second-order valence-electron chi connectivity index (χ2n) is 6.92. The third-order valence-corrected chi connectivity index (χ3v) is 4.93. The molecule has 1 aliphatic rings. The number of hydrogen-bond donors (Lipinski definition) is 1. The van der Waals surface area contributed by atoms with E-state index in [2.05, 4.69) is 34.5 Å². The Balaban J connectivity index is 1.41. The Morgan fingerprint density at radius 1 is 1.03 bits per heavy atom. The topological polar surface area (TPSA) is 61.9 Å². The molecule has 1 heterocycles. The maximum Gasteiger partial charge on any atom is 0.337 e. The first-order valence-corrected chi connectivity index (χ1v) is 9.79. The highest BCUT2D eigenvalue weighted by molar-refractivity contribution is 5.90. The van der Waals surface area contributed by atoms with Crippen molar-refractivity contribution >= 4 is 23.6 Å². The summed E-state index contributed by atoms with van der Waals surface area (Å²) in [5, 5.41) is 3.10. The lowest BCUT2D eigenvalue weighted by Gasteiger charge is -2.34. The molecule has 0 saturated carbocycles. The van der Waals surface area contributed by atoms with Gasteiger partial charge in [0.1, 0.15) is 0 Å². The van der Waals surface area contributed by atoms with E-state index >= 15 is 0 Å². The highest BCUT2D eigenvalue weighted by atomic mass is 16.5. The number of piperazine rings is 1. The molecule has 1 aliphatic heterocycles. The molecular formula is C23H27N3O3. The van der Waals surface area contributed by atoms with E-state index in [-0.39, 0.29) is 12.5 Å². The van der Waals surface area contributed by atoms with Crippen molar-refractivity contribution < 1.29 is 14.3 Å². The Morgan fingerprint density at radius 2 is 1.79 bits per heavy atom. The molecule has 6 nitrogen and oxygen atoms in total. The van der Waals surface area contributed by atoms with Gasteiger partial charge in [0.15, 0.2) is 0 Å². The number of carbonyl (C=O) groups is 2. The van der Waals surface area contributed by atoms with E-state index < -0.39 is 5.97 Å². The molecule has 1 fully saturated rings. The van der Waals surface area contributed by atoms with Crippen LogP contribution in [0.4, 0.5) is 5.69 Å². The molecule has 152 valence electrons. The summed E-state index contributed by atoms with van der Waals surface area (Å²) in [7, 11) is 1.35. The number of anilines is 1. The number of amides is 1. The number of methoxy groups -OCH3 is 1. The van der Waals surface area contributed by atoms with Crippen molar-refractivity contribution in [1.82, 2.24) is 9.80 Å². The van der Waals surface area contributed by atoms with E-state index in [1.165, 1.54) is 12.7 Å². The summed E-state index contributed by atoms with van der Waals surface area (Å²) >= 11 is 0. The molecule has 2 aromatic rings. The van der Waals surface area contributed by atoms with E-state index in [0.717, 1.165) is 38.4 Å². The normalized spacial score (nSPS) is 14.7. The summed E-state index contributed by atoms with van der Waals surface area (Å²) in [5.41, 5.74) is 2.39. The van der Waals surface area contributed by atoms with Crippen molar-refractivity contribution in [2.24, 2.45) is 0 Å². The monoisotopic (exact) mass is 393 g/mol. The maximum absolute atomic E-state index is 12.5. The molecule has 1 N–H and O–H groups in total. The third kappa shape index (κ3) is 6.19. The van der Waals surface area contributed by atoms with E-state index in [1.54, 1.807) is 18.2 Å². The molecule has 0 bridgehead atoms. The number of hydrogen-bond acceptors (Lipinski definition) is 5. The molecule has 6 heteroatoms. The van der Waals surface area contributed by atoms with E-state index in [1.807, 2.05) is 29.2 Å². The minimum atomic E-state index is -0.391. The van der Waals surface area contributed by atoms with E-state index in [0.29, 0.717) is 5.56 Å². The standard InChI is InChI=1S/C23H27N3O3/c1-29-23(28)20-10-5-11-21(17-20)24-18-22(27)26-15-13-25(14-16-26)12-6-9-19-7-3-2-4-8-19/h2-11,17,24H,12-16,18H2,1H3/b9-6+. The van der Waals surface area contributed by atoms with Gasteiger partial charge in [0.05, 0.1) is 19.2 Å². The number of nitrogens with zero attached hydrogens (tertiary/aromatic N) is 2. The van der Waals surface area contributed by atoms with E-state index in [9.17, 15) is 9.59 Å². The SMILES string of the molecule is COC(=O)c1cccc(NCC(=O)N2CCN(C/C=C/c3ccccc3)CC2)c1. The first-order chi connectivity index (χ1) is 14.2. The zero-order valence-corrected chi connectivity index (χ0v) is 16.7. The van der Waals surface area contributed by atoms with Gasteiger partial charge in [-0.2, -0.15) is 0 Å². The fraction of sp³-hybridized carbons (Fsp3) is 0.304. The first kappa shape index (κ1) is 20.6. The molecule has 0 aromatic heterocycles. The lowest BCUT2D eigenvalue weighted by Crippen LogP contribution is -2.50. The van der Waals surface area contributed by atoms with Crippen LogP contribution in [-0.2, 0) is 9.53 Å². The molecule has 29 heavy (non-hydrogen) atoms. The van der Waals surface area contributed by atoms with Crippen LogP contribution in [0.2, 0.25) is 0 Å². The number of benzene rings is 2. The molecule has 0 unspecified atom stereocenters. The highest BCUT2D eigenvalue weighted by Crippen LogP contribution is 2.12. The number of esters is 1. The van der Waals surface area contributed by atoms with Crippen molar-refractivity contribution in [3.05, 3.63) is 71.8 Å². The molecule has 3 rings (SSSR count). The van der Waals surface area contributed by atoms with Gasteiger partial charge in [-0.1, -0.05) is 48.6 Å². The largest absolute Gasteiger partial charge is 0.465 e. The van der Waals surface area contributed by atoms with Gasteiger partial charge in [0.2, 0.25) is 5.91 Å². The number of carbonyl (C=O) groups excluding carboxylic acids is 2. The predicted molar refractivity (Wildman–Crippen MR) is 115 cm³/mol. The average molecular weight is 393 g/mol. The van der Waals surface area contributed by atoms with Crippen LogP contribution in [0.1, 0.15) is 15.9 Å². The fourth-order valence-electron chi connectivity index (χ4n) is 3.25. The molecule has 0 radical (unpaired) electrons. The quantitative estimate of drug-likeness (QED) is 0.733. The maximum atomic E-state index is 12.5. The van der Waals surface area contributed by atoms with Crippen molar-refractivity contribution in [2.45, 2.75) is 0 Å². The van der Waals surface area contributed by atoms with Crippen molar-refractivity contribution in [3.8, 4) is 0 Å². The summed E-state index contributed by atoms with van der Waals surface area (Å²) < 4.78 is 4.72. The van der Waals surface area contributed by atoms with Crippen molar-refractivity contribution in [2.75, 3.05) is 51.7 Å². The summed E-state index contributed by atoms with van der Waals surface area (Å²) in [5.74, 6) is -0.328. The Kier molecular flexibility index (Phi) is 7.41. The zero-order chi connectivity index (χ0) is 20.5. The van der Waals surface area contributed by atoms with Gasteiger partial charge in [-0.05, 0) is 23.8 Å². The highest BCUT2D eigenvalue weighted by Gasteiger charge is 2.20. The van der Waals surface area contributed by atoms with Gasteiger partial charge in [0.25, 0.3) is 0 Å². The van der Waals surface area contributed by atoms with Gasteiger partial charge in [-0.15, -0.1) is 0 Å². The fourth-order valence-corrected chi connectivity index (χ4v) is 3.25. The average Bonchev–Trinajstić information content (AvgIpc) is 2.78. The lowest BCUT2D eigenvalue weighted by atomic mass is 10.2. The molecule has 2 aromatic carbocycles. The molecule has 0 aliphatic carbocycles. The van der Waals surface area contributed by atoms with Crippen LogP contribution in [0.25, 0.3) is 6.08 Å².